The van der Waals surface area contributed by atoms with Crippen molar-refractivity contribution >= 4 is 70.1 Å². The van der Waals surface area contributed by atoms with Crippen LogP contribution in [0.15, 0.2) is 35.5 Å². The molecule has 1 aromatic carbocycles. The molecule has 65 heavy (non-hydrogen) atoms. The molecule has 358 valence electrons. The molecule has 1 aliphatic rings. The molecule has 0 bridgehead atoms. The average molecular weight is 912 g/mol. The largest absolute Gasteiger partial charge is 0.480 e. The average Bonchev–Trinajstić information content (AvgIpc) is 3.92. The normalized spacial score (nSPS) is 17.2. The molecule has 0 saturated carbocycles. The fourth-order valence-electron chi connectivity index (χ4n) is 7.37. The SMILES string of the molecule is CC[C@H](C)[C@H](NC(=O)[C@@H](N)CCCN=C(N)N)C(=O)N[C@@H](CC(N)=O)C(=O)N[C@@H](CC(N)=O)C(=O)N[C@H](C(=O)N1CCC[C@H]1C(=O)N[C@@H](Cc1c[nH]c2ccccc12)C(=O)O)[C@@H](C)CC. The second-order valence-electron chi connectivity index (χ2n) is 16.4. The van der Waals surface area contributed by atoms with Gasteiger partial charge in [0, 0.05) is 36.6 Å². The number of carbonyl (C=O) groups excluding carboxylic acids is 8. The number of nitrogens with two attached hydrogens (primary N) is 5. The summed E-state index contributed by atoms with van der Waals surface area (Å²) < 4.78 is 0. The third-order valence-corrected chi connectivity index (χ3v) is 11.5. The van der Waals surface area contributed by atoms with Gasteiger partial charge in [-0.1, -0.05) is 58.7 Å². The van der Waals surface area contributed by atoms with E-state index in [1.54, 1.807) is 33.9 Å². The minimum absolute atomic E-state index is 0.0401. The molecule has 2 heterocycles. The van der Waals surface area contributed by atoms with Crippen molar-refractivity contribution in [1.82, 2.24) is 36.5 Å². The molecule has 9 atom stereocenters. The van der Waals surface area contributed by atoms with Crippen LogP contribution in [0.2, 0.25) is 0 Å². The van der Waals surface area contributed by atoms with Crippen molar-refractivity contribution in [3.8, 4) is 0 Å². The lowest BCUT2D eigenvalue weighted by Crippen LogP contribution is -2.61. The van der Waals surface area contributed by atoms with Crippen molar-refractivity contribution < 1.29 is 48.3 Å². The number of H-pyrrole nitrogens is 1. The van der Waals surface area contributed by atoms with E-state index in [1.807, 2.05) is 24.3 Å². The predicted octanol–water partition coefficient (Wildman–Crippen LogP) is -2.57. The zero-order chi connectivity index (χ0) is 48.5. The van der Waals surface area contributed by atoms with Crippen molar-refractivity contribution in [1.29, 1.82) is 0 Å². The molecule has 1 aliphatic heterocycles. The molecular formula is C42H65N13O10. The van der Waals surface area contributed by atoms with Crippen LogP contribution in [-0.2, 0) is 49.6 Å². The highest BCUT2D eigenvalue weighted by Gasteiger charge is 2.41. The number of aromatic amines is 1. The number of aromatic nitrogens is 1. The maximum Gasteiger partial charge on any atom is 0.326 e. The van der Waals surface area contributed by atoms with Crippen molar-refractivity contribution in [3.63, 3.8) is 0 Å². The van der Waals surface area contributed by atoms with E-state index in [4.69, 9.17) is 28.7 Å². The number of likely N-dealkylation sites (tertiary alicyclic amines) is 1. The van der Waals surface area contributed by atoms with E-state index in [0.29, 0.717) is 31.2 Å². The molecule has 23 nitrogen and oxygen atoms in total. The van der Waals surface area contributed by atoms with Gasteiger partial charge in [-0.3, -0.25) is 43.3 Å². The first-order valence-electron chi connectivity index (χ1n) is 21.7. The number of carboxylic acid groups (broad SMARTS) is 1. The van der Waals surface area contributed by atoms with Crippen LogP contribution >= 0.6 is 0 Å². The summed E-state index contributed by atoms with van der Waals surface area (Å²) in [6.45, 7) is 7.17. The van der Waals surface area contributed by atoms with Gasteiger partial charge in [0.25, 0.3) is 0 Å². The van der Waals surface area contributed by atoms with Gasteiger partial charge in [-0.25, -0.2) is 4.79 Å². The number of rotatable bonds is 26. The van der Waals surface area contributed by atoms with Crippen LogP contribution < -0.4 is 55.3 Å². The zero-order valence-corrected chi connectivity index (χ0v) is 37.3. The van der Waals surface area contributed by atoms with Gasteiger partial charge in [-0.05, 0) is 49.1 Å². The van der Waals surface area contributed by atoms with Crippen molar-refractivity contribution in [3.05, 3.63) is 36.0 Å². The quantitative estimate of drug-likeness (QED) is 0.0263. The van der Waals surface area contributed by atoms with Gasteiger partial charge in [-0.15, -0.1) is 0 Å². The third kappa shape index (κ3) is 15.5. The van der Waals surface area contributed by atoms with Gasteiger partial charge in [-0.2, -0.15) is 0 Å². The summed E-state index contributed by atoms with van der Waals surface area (Å²) in [5.41, 5.74) is 29.1. The first kappa shape index (κ1) is 52.6. The Bertz CT molecular complexity index is 2070. The molecule has 0 aliphatic carbocycles. The molecule has 3 rings (SSSR count). The Balaban J connectivity index is 1.78. The van der Waals surface area contributed by atoms with Gasteiger partial charge in [0.15, 0.2) is 5.96 Å². The van der Waals surface area contributed by atoms with Gasteiger partial charge in [0.2, 0.25) is 47.3 Å². The second-order valence-corrected chi connectivity index (χ2v) is 16.4. The number of amides is 8. The van der Waals surface area contributed by atoms with E-state index in [2.05, 4.69) is 36.6 Å². The third-order valence-electron chi connectivity index (χ3n) is 11.5. The van der Waals surface area contributed by atoms with Crippen LogP contribution in [-0.4, -0.2) is 130 Å². The Kier molecular flexibility index (Phi) is 20.1. The number of hydrogen-bond donors (Lipinski definition) is 12. The summed E-state index contributed by atoms with van der Waals surface area (Å²) in [5.74, 6) is -9.57. The number of para-hydroxylation sites is 1. The molecule has 2 aromatic rings. The Morgan fingerprint density at radius 1 is 0.785 bits per heavy atom. The minimum Gasteiger partial charge on any atom is -0.480 e. The molecule has 1 saturated heterocycles. The Labute approximate surface area is 376 Å². The maximum atomic E-state index is 14.3. The van der Waals surface area contributed by atoms with E-state index in [-0.39, 0.29) is 38.3 Å². The van der Waals surface area contributed by atoms with E-state index in [1.165, 1.54) is 4.90 Å². The number of primary amides is 2. The van der Waals surface area contributed by atoms with E-state index in [9.17, 15) is 48.3 Å². The van der Waals surface area contributed by atoms with Gasteiger partial charge < -0.3 is 70.2 Å². The summed E-state index contributed by atoms with van der Waals surface area (Å²) in [6, 6.07) is -2.13. The van der Waals surface area contributed by atoms with Crippen LogP contribution in [0.25, 0.3) is 10.9 Å². The molecule has 8 amide bonds. The number of aliphatic carboxylic acids is 1. The number of nitrogens with zero attached hydrogens (tertiary/aromatic N) is 2. The Hall–Kier alpha value is -6.78. The summed E-state index contributed by atoms with van der Waals surface area (Å²) in [4.78, 5) is 127. The monoisotopic (exact) mass is 911 g/mol. The molecule has 1 fully saturated rings. The molecule has 17 N–H and O–H groups in total. The molecule has 1 aromatic heterocycles. The maximum absolute atomic E-state index is 14.3. The van der Waals surface area contributed by atoms with Crippen molar-refractivity contribution in [2.75, 3.05) is 13.1 Å². The van der Waals surface area contributed by atoms with Crippen LogP contribution in [0.5, 0.6) is 0 Å². The van der Waals surface area contributed by atoms with Crippen molar-refractivity contribution in [2.45, 2.75) is 128 Å². The van der Waals surface area contributed by atoms with E-state index >= 15 is 0 Å². The first-order chi connectivity index (χ1) is 30.7. The van der Waals surface area contributed by atoms with Crippen LogP contribution in [0, 0.1) is 11.8 Å². The molecular weight excluding hydrogens is 847 g/mol. The number of carbonyl (C=O) groups is 9. The topological polar surface area (TPSA) is 396 Å². The van der Waals surface area contributed by atoms with Crippen molar-refractivity contribution in [2.24, 2.45) is 45.5 Å². The lowest BCUT2D eigenvalue weighted by molar-refractivity contribution is -0.145. The Morgan fingerprint density at radius 2 is 1.35 bits per heavy atom. The molecule has 0 radical (unpaired) electrons. The van der Waals surface area contributed by atoms with E-state index < -0.39 is 120 Å². The second kappa shape index (κ2) is 24.9. The summed E-state index contributed by atoms with van der Waals surface area (Å²) in [7, 11) is 0. The zero-order valence-electron chi connectivity index (χ0n) is 37.3. The van der Waals surface area contributed by atoms with Crippen LogP contribution in [0.1, 0.15) is 84.6 Å². The van der Waals surface area contributed by atoms with E-state index in [0.717, 1.165) is 10.9 Å². The number of fused-ring (bicyclic) bond motifs is 1. The van der Waals surface area contributed by atoms with Crippen LogP contribution in [0.4, 0.5) is 0 Å². The molecule has 23 heteroatoms. The number of benzene rings is 1. The highest BCUT2D eigenvalue weighted by atomic mass is 16.4. The van der Waals surface area contributed by atoms with Gasteiger partial charge >= 0.3 is 5.97 Å². The summed E-state index contributed by atoms with van der Waals surface area (Å²) in [5, 5.41) is 23.4. The molecule has 0 unspecified atom stereocenters. The number of carboxylic acids is 1. The standard InChI is InChI=1S/C42H65N13O10/c1-5-21(3)33(53-35(58)25(43)12-9-15-48-42(46)47)39(62)51-27(18-31(44)56)36(59)50-28(19-32(45)57)37(60)54-34(22(4)6-2)40(63)55-16-10-14-30(55)38(61)52-29(41(64)65)17-23-20-49-26-13-8-7-11-24(23)26/h7-8,11,13,20-22,25,27-30,33-34,49H,5-6,9-10,12,14-19,43H2,1-4H3,(H2,44,56)(H2,45,57)(H,50,59)(H,51,62)(H,52,61)(H,53,58)(H,54,60)(H,64,65)(H4,46,47,48)/t21-,22-,25-,27-,28-,29-,30-,33-,34-/m0/s1. The lowest BCUT2D eigenvalue weighted by atomic mass is 9.96. The number of guanidine groups is 1. The highest BCUT2D eigenvalue weighted by Crippen LogP contribution is 2.23. The fourth-order valence-corrected chi connectivity index (χ4v) is 7.37. The fraction of sp³-hybridized carbons (Fsp3) is 0.571. The number of hydrogen-bond acceptors (Lipinski definition) is 11. The summed E-state index contributed by atoms with van der Waals surface area (Å²) in [6.07, 6.45) is 1.97. The smallest absolute Gasteiger partial charge is 0.326 e. The first-order valence-corrected chi connectivity index (χ1v) is 21.7. The van der Waals surface area contributed by atoms with Crippen LogP contribution in [0.3, 0.4) is 0 Å². The minimum atomic E-state index is -1.73. The Morgan fingerprint density at radius 3 is 1.94 bits per heavy atom. The number of aliphatic imine (C=N–C) groups is 1. The van der Waals surface area contributed by atoms with Gasteiger partial charge in [0.1, 0.15) is 36.3 Å². The van der Waals surface area contributed by atoms with Gasteiger partial charge in [0.05, 0.1) is 18.9 Å². The molecule has 0 spiro atoms. The number of nitrogens with one attached hydrogen (secondary N) is 6. The highest BCUT2D eigenvalue weighted by molar-refractivity contribution is 5.99. The predicted molar refractivity (Wildman–Crippen MR) is 238 cm³/mol. The summed E-state index contributed by atoms with van der Waals surface area (Å²) >= 11 is 0. The lowest BCUT2D eigenvalue weighted by Gasteiger charge is -2.33.